The Morgan fingerprint density at radius 1 is 1.21 bits per heavy atom. The number of hydrogen-bond acceptors (Lipinski definition) is 3. The molecule has 0 bridgehead atoms. The van der Waals surface area contributed by atoms with Gasteiger partial charge in [0, 0.05) is 6.04 Å². The Morgan fingerprint density at radius 3 is 2.58 bits per heavy atom. The van der Waals surface area contributed by atoms with Crippen LogP contribution in [0.5, 0.6) is 5.75 Å². The highest BCUT2D eigenvalue weighted by Crippen LogP contribution is 2.11. The molecule has 1 heterocycles. The molecule has 3 nitrogen and oxygen atoms in total. The topological polar surface area (TPSA) is 35.5 Å². The second-order valence-corrected chi connectivity index (χ2v) is 5.63. The first kappa shape index (κ1) is 14.4. The largest absolute Gasteiger partial charge is 0.508 e. The Morgan fingerprint density at radius 2 is 1.89 bits per heavy atom. The lowest BCUT2D eigenvalue weighted by Gasteiger charge is -2.17. The summed E-state index contributed by atoms with van der Waals surface area (Å²) in [6.45, 7) is 7.14. The summed E-state index contributed by atoms with van der Waals surface area (Å²) >= 11 is 0. The summed E-state index contributed by atoms with van der Waals surface area (Å²) in [5.74, 6) is 0.343. The molecule has 1 unspecified atom stereocenters. The van der Waals surface area contributed by atoms with Gasteiger partial charge in [0.2, 0.25) is 0 Å². The molecular weight excluding hydrogens is 236 g/mol. The number of phenols is 1. The zero-order chi connectivity index (χ0) is 13.5. The fourth-order valence-corrected chi connectivity index (χ4v) is 2.72. The fourth-order valence-electron chi connectivity index (χ4n) is 2.72. The second kappa shape index (κ2) is 7.51. The van der Waals surface area contributed by atoms with E-state index in [2.05, 4.69) is 17.1 Å². The number of benzene rings is 1. The molecule has 106 valence electrons. The van der Waals surface area contributed by atoms with Gasteiger partial charge in [-0.25, -0.2) is 0 Å². The molecule has 3 heteroatoms. The van der Waals surface area contributed by atoms with Crippen LogP contribution < -0.4 is 5.32 Å². The van der Waals surface area contributed by atoms with E-state index in [1.54, 1.807) is 12.1 Å². The lowest BCUT2D eigenvalue weighted by Crippen LogP contribution is -2.31. The van der Waals surface area contributed by atoms with Gasteiger partial charge in [-0.1, -0.05) is 12.1 Å². The fraction of sp³-hybridized carbons (Fsp3) is 0.625. The Kier molecular flexibility index (Phi) is 5.67. The average molecular weight is 262 g/mol. The molecule has 1 atom stereocenters. The van der Waals surface area contributed by atoms with Gasteiger partial charge in [-0.15, -0.1) is 0 Å². The standard InChI is InChI=1S/C16H26N2O/c1-14(13-15-5-7-16(19)8-6-15)17-9-4-12-18-10-2-3-11-18/h5-8,14,17,19H,2-4,9-13H2,1H3. The molecule has 1 aromatic carbocycles. The van der Waals surface area contributed by atoms with Gasteiger partial charge in [0.1, 0.15) is 5.75 Å². The Bertz CT molecular complexity index is 358. The van der Waals surface area contributed by atoms with Gasteiger partial charge in [-0.05, 0) is 76.5 Å². The summed E-state index contributed by atoms with van der Waals surface area (Å²) in [4.78, 5) is 2.56. The Balaban J connectivity index is 1.58. The summed E-state index contributed by atoms with van der Waals surface area (Å²) in [5.41, 5.74) is 1.28. The minimum atomic E-state index is 0.343. The molecule has 1 saturated heterocycles. The summed E-state index contributed by atoms with van der Waals surface area (Å²) in [7, 11) is 0. The molecule has 0 aromatic heterocycles. The van der Waals surface area contributed by atoms with Gasteiger partial charge in [-0.2, -0.15) is 0 Å². The smallest absolute Gasteiger partial charge is 0.115 e. The van der Waals surface area contributed by atoms with E-state index in [1.807, 2.05) is 12.1 Å². The van der Waals surface area contributed by atoms with Crippen LogP contribution in [0.15, 0.2) is 24.3 Å². The van der Waals surface area contributed by atoms with Gasteiger partial charge in [0.05, 0.1) is 0 Å². The van der Waals surface area contributed by atoms with Crippen molar-refractivity contribution in [3.05, 3.63) is 29.8 Å². The van der Waals surface area contributed by atoms with Crippen molar-refractivity contribution in [3.8, 4) is 5.75 Å². The highest BCUT2D eigenvalue weighted by Gasteiger charge is 2.10. The third kappa shape index (κ3) is 5.21. The maximum atomic E-state index is 9.25. The number of aromatic hydroxyl groups is 1. The van der Waals surface area contributed by atoms with E-state index in [0.29, 0.717) is 11.8 Å². The second-order valence-electron chi connectivity index (χ2n) is 5.63. The molecule has 2 N–H and O–H groups in total. The van der Waals surface area contributed by atoms with E-state index in [4.69, 9.17) is 0 Å². The molecule has 1 aliphatic rings. The molecule has 2 rings (SSSR count). The van der Waals surface area contributed by atoms with E-state index >= 15 is 0 Å². The molecule has 19 heavy (non-hydrogen) atoms. The highest BCUT2D eigenvalue weighted by molar-refractivity contribution is 5.26. The van der Waals surface area contributed by atoms with Crippen molar-refractivity contribution >= 4 is 0 Å². The van der Waals surface area contributed by atoms with Crippen molar-refractivity contribution in [3.63, 3.8) is 0 Å². The third-order valence-electron chi connectivity index (χ3n) is 3.82. The van der Waals surface area contributed by atoms with E-state index < -0.39 is 0 Å². The SMILES string of the molecule is CC(Cc1ccc(O)cc1)NCCCN1CCCC1. The maximum Gasteiger partial charge on any atom is 0.115 e. The number of hydrogen-bond donors (Lipinski definition) is 2. The van der Waals surface area contributed by atoms with E-state index in [0.717, 1.165) is 13.0 Å². The Labute approximate surface area is 116 Å². The predicted molar refractivity (Wildman–Crippen MR) is 79.6 cm³/mol. The van der Waals surface area contributed by atoms with Crippen molar-refractivity contribution in [2.75, 3.05) is 26.2 Å². The van der Waals surface area contributed by atoms with Crippen molar-refractivity contribution < 1.29 is 5.11 Å². The number of nitrogens with one attached hydrogen (secondary N) is 1. The van der Waals surface area contributed by atoms with Crippen molar-refractivity contribution in [2.24, 2.45) is 0 Å². The van der Waals surface area contributed by atoms with E-state index in [9.17, 15) is 5.11 Å². The number of nitrogens with zero attached hydrogens (tertiary/aromatic N) is 1. The Hall–Kier alpha value is -1.06. The first-order valence-corrected chi connectivity index (χ1v) is 7.48. The summed E-state index contributed by atoms with van der Waals surface area (Å²) in [6.07, 6.45) is 5.01. The molecule has 0 saturated carbocycles. The molecular formula is C16H26N2O. The summed E-state index contributed by atoms with van der Waals surface area (Å²) < 4.78 is 0. The van der Waals surface area contributed by atoms with Gasteiger partial charge in [0.15, 0.2) is 0 Å². The van der Waals surface area contributed by atoms with Crippen molar-refractivity contribution in [1.29, 1.82) is 0 Å². The van der Waals surface area contributed by atoms with Crippen LogP contribution in [0, 0.1) is 0 Å². The zero-order valence-electron chi connectivity index (χ0n) is 11.9. The van der Waals surface area contributed by atoms with Gasteiger partial charge in [-0.3, -0.25) is 0 Å². The molecule has 1 aliphatic heterocycles. The van der Waals surface area contributed by atoms with Crippen LogP contribution >= 0.6 is 0 Å². The zero-order valence-corrected chi connectivity index (χ0v) is 11.9. The van der Waals surface area contributed by atoms with E-state index in [-0.39, 0.29) is 0 Å². The first-order valence-electron chi connectivity index (χ1n) is 7.48. The monoisotopic (exact) mass is 262 g/mol. The summed E-state index contributed by atoms with van der Waals surface area (Å²) in [6, 6.07) is 8.00. The molecule has 1 aromatic rings. The minimum absolute atomic E-state index is 0.343. The minimum Gasteiger partial charge on any atom is -0.508 e. The molecule has 0 spiro atoms. The van der Waals surface area contributed by atoms with Crippen LogP contribution in [0.2, 0.25) is 0 Å². The molecule has 0 aliphatic carbocycles. The predicted octanol–water partition coefficient (Wildman–Crippen LogP) is 2.40. The third-order valence-corrected chi connectivity index (χ3v) is 3.82. The van der Waals surface area contributed by atoms with Crippen LogP contribution in [0.25, 0.3) is 0 Å². The van der Waals surface area contributed by atoms with Crippen LogP contribution in [0.4, 0.5) is 0 Å². The van der Waals surface area contributed by atoms with Gasteiger partial charge >= 0.3 is 0 Å². The van der Waals surface area contributed by atoms with Gasteiger partial charge < -0.3 is 15.3 Å². The highest BCUT2D eigenvalue weighted by atomic mass is 16.3. The van der Waals surface area contributed by atoms with Crippen molar-refractivity contribution in [2.45, 2.75) is 38.6 Å². The molecule has 0 radical (unpaired) electrons. The van der Waals surface area contributed by atoms with Gasteiger partial charge in [0.25, 0.3) is 0 Å². The first-order chi connectivity index (χ1) is 9.24. The number of phenolic OH excluding ortho intramolecular Hbond substituents is 1. The van der Waals surface area contributed by atoms with Crippen LogP contribution in [-0.4, -0.2) is 42.2 Å². The summed E-state index contributed by atoms with van der Waals surface area (Å²) in [5, 5.41) is 12.8. The van der Waals surface area contributed by atoms with Crippen LogP contribution in [-0.2, 0) is 6.42 Å². The van der Waals surface area contributed by atoms with Crippen LogP contribution in [0.3, 0.4) is 0 Å². The molecule has 0 amide bonds. The average Bonchev–Trinajstić information content (AvgIpc) is 2.91. The lowest BCUT2D eigenvalue weighted by molar-refractivity contribution is 0.328. The van der Waals surface area contributed by atoms with Crippen LogP contribution in [0.1, 0.15) is 31.7 Å². The number of rotatable bonds is 7. The maximum absolute atomic E-state index is 9.25. The molecule has 1 fully saturated rings. The normalized spacial score (nSPS) is 17.7. The quantitative estimate of drug-likeness (QED) is 0.741. The lowest BCUT2D eigenvalue weighted by atomic mass is 10.1. The van der Waals surface area contributed by atoms with Crippen molar-refractivity contribution in [1.82, 2.24) is 10.2 Å². The van der Waals surface area contributed by atoms with E-state index in [1.165, 1.54) is 44.5 Å². The number of likely N-dealkylation sites (tertiary alicyclic amines) is 1.